The summed E-state index contributed by atoms with van der Waals surface area (Å²) in [6.07, 6.45) is 1.71. The monoisotopic (exact) mass is 209 g/mol. The van der Waals surface area contributed by atoms with Crippen molar-refractivity contribution in [3.63, 3.8) is 0 Å². The second kappa shape index (κ2) is 3.38. The van der Waals surface area contributed by atoms with E-state index in [1.165, 1.54) is 0 Å². The standard InChI is InChI=1S/C8H11N5S/c1-5-3-7(13(2)12-5)14-6-4-10-11-8(6)9/h3-4H,1-2H3,(H3,9,10,11). The van der Waals surface area contributed by atoms with Crippen LogP contribution in [0.3, 0.4) is 0 Å². The molecule has 0 aliphatic rings. The first-order valence-corrected chi connectivity index (χ1v) is 4.96. The Labute approximate surface area is 85.7 Å². The van der Waals surface area contributed by atoms with Gasteiger partial charge in [-0.25, -0.2) is 0 Å². The Kier molecular flexibility index (Phi) is 2.20. The molecule has 0 fully saturated rings. The second-order valence-corrected chi connectivity index (χ2v) is 4.06. The highest BCUT2D eigenvalue weighted by atomic mass is 32.2. The summed E-state index contributed by atoms with van der Waals surface area (Å²) < 4.78 is 1.83. The largest absolute Gasteiger partial charge is 0.383 e. The highest BCUT2D eigenvalue weighted by Gasteiger charge is 2.07. The summed E-state index contributed by atoms with van der Waals surface area (Å²) in [4.78, 5) is 0.924. The zero-order chi connectivity index (χ0) is 10.1. The van der Waals surface area contributed by atoms with E-state index >= 15 is 0 Å². The van der Waals surface area contributed by atoms with Crippen LogP contribution in [0.2, 0.25) is 0 Å². The molecule has 0 unspecified atom stereocenters. The lowest BCUT2D eigenvalue weighted by molar-refractivity contribution is 0.692. The van der Waals surface area contributed by atoms with Gasteiger partial charge in [0.25, 0.3) is 0 Å². The molecule has 74 valence electrons. The van der Waals surface area contributed by atoms with Crippen molar-refractivity contribution in [2.75, 3.05) is 5.73 Å². The van der Waals surface area contributed by atoms with E-state index in [2.05, 4.69) is 15.3 Å². The van der Waals surface area contributed by atoms with E-state index in [1.807, 2.05) is 24.7 Å². The predicted molar refractivity (Wildman–Crippen MR) is 55.1 cm³/mol. The summed E-state index contributed by atoms with van der Waals surface area (Å²) in [5.41, 5.74) is 6.67. The number of nitrogens with one attached hydrogen (secondary N) is 1. The average molecular weight is 209 g/mol. The highest BCUT2D eigenvalue weighted by molar-refractivity contribution is 7.99. The van der Waals surface area contributed by atoms with Gasteiger partial charge in [-0.15, -0.1) is 0 Å². The molecule has 2 rings (SSSR count). The molecule has 0 aliphatic heterocycles. The van der Waals surface area contributed by atoms with Crippen molar-refractivity contribution in [1.29, 1.82) is 0 Å². The number of aromatic nitrogens is 4. The maximum absolute atomic E-state index is 5.68. The molecule has 0 spiro atoms. The number of nitrogen functional groups attached to an aromatic ring is 1. The lowest BCUT2D eigenvalue weighted by Crippen LogP contribution is -1.92. The number of nitrogens with two attached hydrogens (primary N) is 1. The van der Waals surface area contributed by atoms with Crippen molar-refractivity contribution in [3.05, 3.63) is 18.0 Å². The zero-order valence-electron chi connectivity index (χ0n) is 7.98. The van der Waals surface area contributed by atoms with Gasteiger partial charge in [-0.2, -0.15) is 10.2 Å². The Morgan fingerprint density at radius 3 is 2.86 bits per heavy atom. The van der Waals surface area contributed by atoms with E-state index in [0.29, 0.717) is 5.82 Å². The van der Waals surface area contributed by atoms with Gasteiger partial charge in [-0.3, -0.25) is 9.78 Å². The summed E-state index contributed by atoms with van der Waals surface area (Å²) >= 11 is 1.55. The van der Waals surface area contributed by atoms with Crippen LogP contribution in [-0.2, 0) is 7.05 Å². The molecule has 6 heteroatoms. The van der Waals surface area contributed by atoms with Crippen molar-refractivity contribution in [1.82, 2.24) is 20.0 Å². The van der Waals surface area contributed by atoms with Crippen molar-refractivity contribution < 1.29 is 0 Å². The Morgan fingerprint density at radius 1 is 1.57 bits per heavy atom. The van der Waals surface area contributed by atoms with Crippen LogP contribution in [0.25, 0.3) is 0 Å². The van der Waals surface area contributed by atoms with Gasteiger partial charge in [0.2, 0.25) is 0 Å². The van der Waals surface area contributed by atoms with E-state index in [4.69, 9.17) is 5.73 Å². The van der Waals surface area contributed by atoms with Crippen LogP contribution in [0.1, 0.15) is 5.69 Å². The van der Waals surface area contributed by atoms with Crippen LogP contribution in [0, 0.1) is 6.92 Å². The molecule has 0 aliphatic carbocycles. The molecule has 2 heterocycles. The summed E-state index contributed by atoms with van der Waals surface area (Å²) in [7, 11) is 1.91. The third-order valence-corrected chi connectivity index (χ3v) is 2.94. The molecular weight excluding hydrogens is 198 g/mol. The first-order chi connectivity index (χ1) is 6.66. The molecule has 5 nitrogen and oxygen atoms in total. The highest BCUT2D eigenvalue weighted by Crippen LogP contribution is 2.30. The number of rotatable bonds is 2. The molecule has 0 radical (unpaired) electrons. The lowest BCUT2D eigenvalue weighted by atomic mass is 10.5. The van der Waals surface area contributed by atoms with Crippen LogP contribution in [-0.4, -0.2) is 20.0 Å². The minimum atomic E-state index is 0.592. The fraction of sp³-hybridized carbons (Fsp3) is 0.250. The van der Waals surface area contributed by atoms with Gasteiger partial charge in [0.15, 0.2) is 0 Å². The molecule has 0 saturated carbocycles. The lowest BCUT2D eigenvalue weighted by Gasteiger charge is -1.98. The normalized spacial score (nSPS) is 10.7. The third-order valence-electron chi connectivity index (χ3n) is 1.81. The van der Waals surface area contributed by atoms with E-state index in [9.17, 15) is 0 Å². The zero-order valence-corrected chi connectivity index (χ0v) is 8.80. The predicted octanol–water partition coefficient (Wildman–Crippen LogP) is 1.19. The van der Waals surface area contributed by atoms with E-state index < -0.39 is 0 Å². The number of hydrogen-bond donors (Lipinski definition) is 2. The van der Waals surface area contributed by atoms with Crippen molar-refractivity contribution in [3.8, 4) is 0 Å². The van der Waals surface area contributed by atoms with Crippen LogP contribution < -0.4 is 5.73 Å². The number of anilines is 1. The Morgan fingerprint density at radius 2 is 2.36 bits per heavy atom. The molecule has 0 bridgehead atoms. The maximum Gasteiger partial charge on any atom is 0.133 e. The molecule has 2 aromatic heterocycles. The van der Waals surface area contributed by atoms with Gasteiger partial charge in [0.05, 0.1) is 21.8 Å². The van der Waals surface area contributed by atoms with E-state index in [1.54, 1.807) is 18.0 Å². The molecule has 2 aromatic rings. The van der Waals surface area contributed by atoms with Gasteiger partial charge in [-0.1, -0.05) is 11.8 Å². The Hall–Kier alpha value is -1.43. The fourth-order valence-corrected chi connectivity index (χ4v) is 2.05. The molecular formula is C8H11N5S. The third kappa shape index (κ3) is 1.60. The molecule has 0 atom stereocenters. The van der Waals surface area contributed by atoms with Gasteiger partial charge in [-0.05, 0) is 13.0 Å². The van der Waals surface area contributed by atoms with Gasteiger partial charge in [0, 0.05) is 7.05 Å². The summed E-state index contributed by atoms with van der Waals surface area (Å²) in [6, 6.07) is 2.01. The van der Waals surface area contributed by atoms with Crippen molar-refractivity contribution in [2.24, 2.45) is 7.05 Å². The Bertz CT molecular complexity index is 444. The molecule has 0 amide bonds. The van der Waals surface area contributed by atoms with E-state index in [0.717, 1.165) is 15.6 Å². The average Bonchev–Trinajstić information content (AvgIpc) is 2.62. The van der Waals surface area contributed by atoms with Gasteiger partial charge in [0.1, 0.15) is 5.82 Å². The van der Waals surface area contributed by atoms with Crippen LogP contribution in [0.15, 0.2) is 22.2 Å². The van der Waals surface area contributed by atoms with Gasteiger partial charge >= 0.3 is 0 Å². The first-order valence-electron chi connectivity index (χ1n) is 4.14. The summed E-state index contributed by atoms with van der Waals surface area (Å²) in [6.45, 7) is 1.96. The number of aromatic amines is 1. The van der Waals surface area contributed by atoms with Crippen LogP contribution >= 0.6 is 11.8 Å². The molecule has 0 aromatic carbocycles. The summed E-state index contributed by atoms with van der Waals surface area (Å²) in [5.74, 6) is 0.592. The molecule has 3 N–H and O–H groups in total. The smallest absolute Gasteiger partial charge is 0.133 e. The number of H-pyrrole nitrogens is 1. The number of hydrogen-bond acceptors (Lipinski definition) is 4. The fourth-order valence-electron chi connectivity index (χ4n) is 1.16. The van der Waals surface area contributed by atoms with E-state index in [-0.39, 0.29) is 0 Å². The van der Waals surface area contributed by atoms with Crippen molar-refractivity contribution >= 4 is 17.6 Å². The van der Waals surface area contributed by atoms with Crippen LogP contribution in [0.4, 0.5) is 5.82 Å². The SMILES string of the molecule is Cc1cc(Sc2cn[nH]c2N)n(C)n1. The van der Waals surface area contributed by atoms with Crippen LogP contribution in [0.5, 0.6) is 0 Å². The number of nitrogens with zero attached hydrogens (tertiary/aromatic N) is 3. The topological polar surface area (TPSA) is 72.5 Å². The van der Waals surface area contributed by atoms with Gasteiger partial charge < -0.3 is 5.73 Å². The Balaban J connectivity index is 2.27. The number of aryl methyl sites for hydroxylation is 2. The molecule has 0 saturated heterocycles. The molecule has 14 heavy (non-hydrogen) atoms. The minimum absolute atomic E-state index is 0.592. The minimum Gasteiger partial charge on any atom is -0.383 e. The maximum atomic E-state index is 5.68. The second-order valence-electron chi connectivity index (χ2n) is 3.00. The quantitative estimate of drug-likeness (QED) is 0.779. The first kappa shape index (κ1) is 9.14. The van der Waals surface area contributed by atoms with Crippen molar-refractivity contribution in [2.45, 2.75) is 16.8 Å². The summed E-state index contributed by atoms with van der Waals surface area (Å²) in [5, 5.41) is 11.8.